The molecule has 0 aliphatic carbocycles. The van der Waals surface area contributed by atoms with E-state index in [1.54, 1.807) is 0 Å². The molecule has 0 aromatic carbocycles. The highest BCUT2D eigenvalue weighted by Gasteiger charge is 1.99. The van der Waals surface area contributed by atoms with E-state index in [1.165, 1.54) is 12.3 Å². The van der Waals surface area contributed by atoms with Crippen LogP contribution in [0.25, 0.3) is 0 Å². The first-order valence-corrected chi connectivity index (χ1v) is 7.19. The van der Waals surface area contributed by atoms with Crippen LogP contribution >= 0.6 is 11.8 Å². The van der Waals surface area contributed by atoms with Crippen LogP contribution in [0.4, 0.5) is 0 Å². The molecule has 0 saturated heterocycles. The number of unbranched alkanes of at least 4 members (excludes halogenated alkanes) is 1. The lowest BCUT2D eigenvalue weighted by atomic mass is 10.2. The van der Waals surface area contributed by atoms with Crippen molar-refractivity contribution >= 4 is 17.7 Å². The number of hydrogen-bond acceptors (Lipinski definition) is 4. The molecule has 0 aliphatic heterocycles. The van der Waals surface area contributed by atoms with Gasteiger partial charge in [-0.1, -0.05) is 13.8 Å². The molecular formula is C11H25N3OS. The molecule has 96 valence electrons. The monoisotopic (exact) mass is 247 g/mol. The maximum absolute atomic E-state index is 10.8. The Bertz CT molecular complexity index is 175. The Morgan fingerprint density at radius 2 is 1.94 bits per heavy atom. The molecule has 0 saturated carbocycles. The van der Waals surface area contributed by atoms with Gasteiger partial charge in [-0.15, -0.1) is 0 Å². The van der Waals surface area contributed by atoms with E-state index in [4.69, 9.17) is 5.84 Å². The maximum atomic E-state index is 10.8. The minimum Gasteiger partial charge on any atom is -0.303 e. The van der Waals surface area contributed by atoms with Gasteiger partial charge in [0.2, 0.25) is 5.91 Å². The number of carbonyl (C=O) groups excluding carboxylic acids is 1. The Morgan fingerprint density at radius 1 is 1.25 bits per heavy atom. The Kier molecular flexibility index (Phi) is 11.0. The van der Waals surface area contributed by atoms with Crippen LogP contribution in [0.15, 0.2) is 0 Å². The van der Waals surface area contributed by atoms with Crippen molar-refractivity contribution < 1.29 is 4.79 Å². The molecule has 0 aromatic rings. The minimum atomic E-state index is -0.0619. The van der Waals surface area contributed by atoms with E-state index >= 15 is 0 Å². The second-order valence-electron chi connectivity index (χ2n) is 3.66. The number of rotatable bonds is 10. The van der Waals surface area contributed by atoms with Gasteiger partial charge in [-0.2, -0.15) is 11.8 Å². The number of amides is 1. The third-order valence-electron chi connectivity index (χ3n) is 2.55. The molecule has 0 unspecified atom stereocenters. The Hall–Kier alpha value is -0.260. The number of nitrogens with zero attached hydrogens (tertiary/aromatic N) is 1. The van der Waals surface area contributed by atoms with Crippen LogP contribution < -0.4 is 11.3 Å². The van der Waals surface area contributed by atoms with E-state index in [0.29, 0.717) is 6.42 Å². The van der Waals surface area contributed by atoms with Crippen molar-refractivity contribution in [1.82, 2.24) is 10.3 Å². The van der Waals surface area contributed by atoms with Crippen LogP contribution in [-0.4, -0.2) is 41.9 Å². The normalized spacial score (nSPS) is 10.8. The summed E-state index contributed by atoms with van der Waals surface area (Å²) in [5.74, 6) is 7.25. The molecule has 3 N–H and O–H groups in total. The average Bonchev–Trinajstić information content (AvgIpc) is 2.32. The predicted molar refractivity (Wildman–Crippen MR) is 71.3 cm³/mol. The van der Waals surface area contributed by atoms with E-state index < -0.39 is 0 Å². The first-order valence-electron chi connectivity index (χ1n) is 6.04. The third-order valence-corrected chi connectivity index (χ3v) is 3.60. The number of nitrogens with one attached hydrogen (secondary N) is 1. The molecule has 0 spiro atoms. The summed E-state index contributed by atoms with van der Waals surface area (Å²) >= 11 is 1.97. The summed E-state index contributed by atoms with van der Waals surface area (Å²) in [7, 11) is 0. The average molecular weight is 247 g/mol. The predicted octanol–water partition coefficient (Wildman–Crippen LogP) is 1.22. The second-order valence-corrected chi connectivity index (χ2v) is 4.89. The SMILES string of the molecule is CCN(CC)CCSCCCCC(=O)NN. The lowest BCUT2D eigenvalue weighted by Gasteiger charge is -2.17. The van der Waals surface area contributed by atoms with Gasteiger partial charge in [0, 0.05) is 18.7 Å². The van der Waals surface area contributed by atoms with Crippen LogP contribution in [-0.2, 0) is 4.79 Å². The molecule has 0 radical (unpaired) electrons. The highest BCUT2D eigenvalue weighted by Crippen LogP contribution is 2.06. The lowest BCUT2D eigenvalue weighted by molar-refractivity contribution is -0.121. The summed E-state index contributed by atoms with van der Waals surface area (Å²) in [5.41, 5.74) is 2.14. The molecule has 1 amide bonds. The molecule has 0 aliphatic rings. The van der Waals surface area contributed by atoms with E-state index in [-0.39, 0.29) is 5.91 Å². The molecule has 0 bridgehead atoms. The van der Waals surface area contributed by atoms with Crippen molar-refractivity contribution in [3.05, 3.63) is 0 Å². The number of hydrogen-bond donors (Lipinski definition) is 2. The standard InChI is InChI=1S/C11H25N3OS/c1-3-14(4-2)8-10-16-9-6-5-7-11(15)13-12/h3-10,12H2,1-2H3,(H,13,15). The molecule has 4 nitrogen and oxygen atoms in total. The van der Waals surface area contributed by atoms with Gasteiger partial charge in [0.25, 0.3) is 0 Å². The van der Waals surface area contributed by atoms with Crippen molar-refractivity contribution in [1.29, 1.82) is 0 Å². The second kappa shape index (κ2) is 11.2. The van der Waals surface area contributed by atoms with Crippen molar-refractivity contribution in [2.75, 3.05) is 31.1 Å². The van der Waals surface area contributed by atoms with Crippen LogP contribution in [0.5, 0.6) is 0 Å². The zero-order chi connectivity index (χ0) is 12.2. The quantitative estimate of drug-likeness (QED) is 0.264. The van der Waals surface area contributed by atoms with Gasteiger partial charge in [0.15, 0.2) is 0 Å². The fraction of sp³-hybridized carbons (Fsp3) is 0.909. The highest BCUT2D eigenvalue weighted by atomic mass is 32.2. The number of nitrogens with two attached hydrogens (primary N) is 1. The molecule has 16 heavy (non-hydrogen) atoms. The summed E-state index contributed by atoms with van der Waals surface area (Å²) in [6, 6.07) is 0. The van der Waals surface area contributed by atoms with Crippen molar-refractivity contribution in [2.45, 2.75) is 33.1 Å². The fourth-order valence-electron chi connectivity index (χ4n) is 1.40. The van der Waals surface area contributed by atoms with E-state index in [0.717, 1.165) is 31.7 Å². The summed E-state index contributed by atoms with van der Waals surface area (Å²) in [5, 5.41) is 0. The van der Waals surface area contributed by atoms with Crippen LogP contribution in [0, 0.1) is 0 Å². The van der Waals surface area contributed by atoms with Crippen molar-refractivity contribution in [2.24, 2.45) is 5.84 Å². The van der Waals surface area contributed by atoms with Gasteiger partial charge in [0.05, 0.1) is 0 Å². The summed E-state index contributed by atoms with van der Waals surface area (Å²) < 4.78 is 0. The topological polar surface area (TPSA) is 58.4 Å². The first-order chi connectivity index (χ1) is 7.74. The fourth-order valence-corrected chi connectivity index (χ4v) is 2.40. The van der Waals surface area contributed by atoms with Gasteiger partial charge in [0.1, 0.15) is 0 Å². The van der Waals surface area contributed by atoms with Gasteiger partial charge in [-0.25, -0.2) is 5.84 Å². The summed E-state index contributed by atoms with van der Waals surface area (Å²) in [4.78, 5) is 13.2. The van der Waals surface area contributed by atoms with Gasteiger partial charge in [-0.05, 0) is 31.7 Å². The summed E-state index contributed by atoms with van der Waals surface area (Å²) in [6.07, 6.45) is 2.57. The van der Waals surface area contributed by atoms with Crippen LogP contribution in [0.1, 0.15) is 33.1 Å². The lowest BCUT2D eigenvalue weighted by Crippen LogP contribution is -2.29. The van der Waals surface area contributed by atoms with Gasteiger partial charge in [-0.3, -0.25) is 10.2 Å². The first kappa shape index (κ1) is 15.7. The van der Waals surface area contributed by atoms with E-state index in [2.05, 4.69) is 24.2 Å². The van der Waals surface area contributed by atoms with Gasteiger partial charge < -0.3 is 4.90 Å². The maximum Gasteiger partial charge on any atom is 0.233 e. The largest absolute Gasteiger partial charge is 0.303 e. The number of hydrazine groups is 1. The molecule has 0 aromatic heterocycles. The zero-order valence-corrected chi connectivity index (χ0v) is 11.3. The molecular weight excluding hydrogens is 222 g/mol. The van der Waals surface area contributed by atoms with E-state index in [1.807, 2.05) is 11.8 Å². The highest BCUT2D eigenvalue weighted by molar-refractivity contribution is 7.99. The number of thioether (sulfide) groups is 1. The molecule has 0 atom stereocenters. The Morgan fingerprint density at radius 3 is 2.50 bits per heavy atom. The number of carbonyl (C=O) groups is 1. The van der Waals surface area contributed by atoms with Crippen LogP contribution in [0.2, 0.25) is 0 Å². The van der Waals surface area contributed by atoms with Crippen molar-refractivity contribution in [3.63, 3.8) is 0 Å². The zero-order valence-electron chi connectivity index (χ0n) is 10.5. The molecule has 0 rings (SSSR count). The van der Waals surface area contributed by atoms with Crippen LogP contribution in [0.3, 0.4) is 0 Å². The molecule has 0 fully saturated rings. The van der Waals surface area contributed by atoms with Gasteiger partial charge >= 0.3 is 0 Å². The van der Waals surface area contributed by atoms with Crippen molar-refractivity contribution in [3.8, 4) is 0 Å². The molecule has 5 heteroatoms. The Balaban J connectivity index is 3.18. The Labute approximate surface area is 103 Å². The minimum absolute atomic E-state index is 0.0619. The third kappa shape index (κ3) is 9.00. The molecule has 0 heterocycles. The van der Waals surface area contributed by atoms with E-state index in [9.17, 15) is 4.79 Å². The smallest absolute Gasteiger partial charge is 0.233 e. The summed E-state index contributed by atoms with van der Waals surface area (Å²) in [6.45, 7) is 7.82.